The van der Waals surface area contributed by atoms with Crippen LogP contribution in [0.5, 0.6) is 0 Å². The van der Waals surface area contributed by atoms with Crippen LogP contribution in [0.1, 0.15) is 29.3 Å². The van der Waals surface area contributed by atoms with Gasteiger partial charge in [-0.1, -0.05) is 25.1 Å². The Labute approximate surface area is 83.3 Å². The molecule has 0 aliphatic carbocycles. The molecule has 14 heavy (non-hydrogen) atoms. The molecule has 3 heteroatoms. The van der Waals surface area contributed by atoms with Crippen LogP contribution in [0.15, 0.2) is 24.3 Å². The predicted octanol–water partition coefficient (Wildman–Crippen LogP) is 1.75. The quantitative estimate of drug-likeness (QED) is 0.743. The molecule has 1 N–H and O–H groups in total. The number of hydrogen-bond donors (Lipinski definition) is 1. The Morgan fingerprint density at radius 1 is 1.43 bits per heavy atom. The number of esters is 1. The van der Waals surface area contributed by atoms with Gasteiger partial charge in [0.15, 0.2) is 0 Å². The van der Waals surface area contributed by atoms with Crippen LogP contribution in [0.4, 0.5) is 0 Å². The molecule has 0 heterocycles. The number of carbonyl (C=O) groups is 1. The van der Waals surface area contributed by atoms with Gasteiger partial charge in [-0.15, -0.1) is 0 Å². The number of rotatable bonds is 4. The van der Waals surface area contributed by atoms with E-state index in [9.17, 15) is 4.79 Å². The first-order valence-corrected chi connectivity index (χ1v) is 4.65. The monoisotopic (exact) mass is 194 g/mol. The Bertz CT molecular complexity index is 307. The Hall–Kier alpha value is -1.35. The van der Waals surface area contributed by atoms with E-state index in [1.807, 2.05) is 6.92 Å². The van der Waals surface area contributed by atoms with Crippen molar-refractivity contribution < 1.29 is 14.6 Å². The third-order valence-electron chi connectivity index (χ3n) is 1.84. The van der Waals surface area contributed by atoms with Gasteiger partial charge in [-0.25, -0.2) is 4.79 Å². The maximum absolute atomic E-state index is 11.4. The molecule has 0 atom stereocenters. The Kier molecular flexibility index (Phi) is 4.13. The van der Waals surface area contributed by atoms with E-state index in [1.165, 1.54) is 0 Å². The lowest BCUT2D eigenvalue weighted by Crippen LogP contribution is -2.08. The molecule has 0 saturated heterocycles. The van der Waals surface area contributed by atoms with Crippen molar-refractivity contribution in [3.63, 3.8) is 0 Å². The van der Waals surface area contributed by atoms with Gasteiger partial charge >= 0.3 is 5.97 Å². The van der Waals surface area contributed by atoms with Crippen molar-refractivity contribution in [3.05, 3.63) is 35.4 Å². The maximum atomic E-state index is 11.4. The highest BCUT2D eigenvalue weighted by Crippen LogP contribution is 2.10. The van der Waals surface area contributed by atoms with E-state index in [0.29, 0.717) is 17.7 Å². The van der Waals surface area contributed by atoms with Crippen molar-refractivity contribution in [2.45, 2.75) is 20.0 Å². The summed E-state index contributed by atoms with van der Waals surface area (Å²) < 4.78 is 4.97. The van der Waals surface area contributed by atoms with E-state index in [1.54, 1.807) is 24.3 Å². The number of aliphatic hydroxyl groups is 1. The Morgan fingerprint density at radius 3 is 2.79 bits per heavy atom. The Balaban J connectivity index is 2.78. The van der Waals surface area contributed by atoms with Gasteiger partial charge in [0.2, 0.25) is 0 Å². The van der Waals surface area contributed by atoms with Gasteiger partial charge in [-0.2, -0.15) is 0 Å². The van der Waals surface area contributed by atoms with Gasteiger partial charge in [0.1, 0.15) is 0 Å². The number of carbonyl (C=O) groups excluding carboxylic acids is 1. The minimum absolute atomic E-state index is 0.141. The van der Waals surface area contributed by atoms with Gasteiger partial charge in [0.05, 0.1) is 18.8 Å². The SMILES string of the molecule is CCCOC(=O)c1ccccc1CO. The van der Waals surface area contributed by atoms with Crippen molar-refractivity contribution in [2.24, 2.45) is 0 Å². The van der Waals surface area contributed by atoms with Crippen molar-refractivity contribution in [3.8, 4) is 0 Å². The maximum Gasteiger partial charge on any atom is 0.338 e. The molecule has 76 valence electrons. The molecule has 0 radical (unpaired) electrons. The number of ether oxygens (including phenoxy) is 1. The zero-order valence-corrected chi connectivity index (χ0v) is 8.19. The zero-order chi connectivity index (χ0) is 10.4. The fraction of sp³-hybridized carbons (Fsp3) is 0.364. The van der Waals surface area contributed by atoms with Crippen molar-refractivity contribution in [1.82, 2.24) is 0 Å². The van der Waals surface area contributed by atoms with E-state index in [-0.39, 0.29) is 12.6 Å². The van der Waals surface area contributed by atoms with E-state index in [4.69, 9.17) is 9.84 Å². The Morgan fingerprint density at radius 2 is 2.14 bits per heavy atom. The summed E-state index contributed by atoms with van der Waals surface area (Å²) in [5.74, 6) is -0.364. The lowest BCUT2D eigenvalue weighted by atomic mass is 10.1. The highest BCUT2D eigenvalue weighted by molar-refractivity contribution is 5.91. The smallest absolute Gasteiger partial charge is 0.338 e. The van der Waals surface area contributed by atoms with Crippen LogP contribution in [0.3, 0.4) is 0 Å². The van der Waals surface area contributed by atoms with Crippen molar-refractivity contribution >= 4 is 5.97 Å². The van der Waals surface area contributed by atoms with Crippen LogP contribution in [0.25, 0.3) is 0 Å². The number of aliphatic hydroxyl groups excluding tert-OH is 1. The van der Waals surface area contributed by atoms with Gasteiger partial charge in [-0.05, 0) is 18.1 Å². The minimum Gasteiger partial charge on any atom is -0.462 e. The lowest BCUT2D eigenvalue weighted by Gasteiger charge is -2.06. The average Bonchev–Trinajstić information content (AvgIpc) is 2.25. The molecule has 0 spiro atoms. The number of benzene rings is 1. The van der Waals surface area contributed by atoms with E-state index in [2.05, 4.69) is 0 Å². The molecule has 0 aromatic heterocycles. The van der Waals surface area contributed by atoms with Crippen LogP contribution in [-0.2, 0) is 11.3 Å². The van der Waals surface area contributed by atoms with E-state index < -0.39 is 0 Å². The van der Waals surface area contributed by atoms with Crippen LogP contribution >= 0.6 is 0 Å². The van der Waals surface area contributed by atoms with Crippen molar-refractivity contribution in [1.29, 1.82) is 0 Å². The summed E-state index contributed by atoms with van der Waals surface area (Å²) in [4.78, 5) is 11.4. The summed E-state index contributed by atoms with van der Waals surface area (Å²) in [7, 11) is 0. The summed E-state index contributed by atoms with van der Waals surface area (Å²) in [6.45, 7) is 2.21. The van der Waals surface area contributed by atoms with Crippen LogP contribution < -0.4 is 0 Å². The molecule has 0 saturated carbocycles. The fourth-order valence-electron chi connectivity index (χ4n) is 1.13. The molecule has 0 amide bonds. The van der Waals surface area contributed by atoms with Gasteiger partial charge < -0.3 is 9.84 Å². The molecule has 0 bridgehead atoms. The summed E-state index contributed by atoms with van der Waals surface area (Å²) >= 11 is 0. The lowest BCUT2D eigenvalue weighted by molar-refractivity contribution is 0.0501. The first-order valence-electron chi connectivity index (χ1n) is 4.65. The van der Waals surface area contributed by atoms with Crippen LogP contribution in [0.2, 0.25) is 0 Å². The number of hydrogen-bond acceptors (Lipinski definition) is 3. The summed E-state index contributed by atoms with van der Waals surface area (Å²) in [5, 5.41) is 8.98. The third kappa shape index (κ3) is 2.57. The molecular weight excluding hydrogens is 180 g/mol. The second-order valence-electron chi connectivity index (χ2n) is 2.95. The molecule has 1 aromatic carbocycles. The summed E-state index contributed by atoms with van der Waals surface area (Å²) in [6, 6.07) is 6.90. The van der Waals surface area contributed by atoms with Gasteiger partial charge in [-0.3, -0.25) is 0 Å². The van der Waals surface area contributed by atoms with E-state index in [0.717, 1.165) is 6.42 Å². The summed E-state index contributed by atoms with van der Waals surface area (Å²) in [6.07, 6.45) is 0.799. The minimum atomic E-state index is -0.364. The van der Waals surface area contributed by atoms with Crippen molar-refractivity contribution in [2.75, 3.05) is 6.61 Å². The van der Waals surface area contributed by atoms with Gasteiger partial charge in [0.25, 0.3) is 0 Å². The topological polar surface area (TPSA) is 46.5 Å². The molecule has 0 unspecified atom stereocenters. The molecule has 1 aromatic rings. The van der Waals surface area contributed by atoms with Gasteiger partial charge in [0, 0.05) is 0 Å². The molecule has 3 nitrogen and oxygen atoms in total. The van der Waals surface area contributed by atoms with E-state index >= 15 is 0 Å². The average molecular weight is 194 g/mol. The molecule has 0 fully saturated rings. The third-order valence-corrected chi connectivity index (χ3v) is 1.84. The highest BCUT2D eigenvalue weighted by Gasteiger charge is 2.10. The first-order chi connectivity index (χ1) is 6.79. The van der Waals surface area contributed by atoms with Crippen LogP contribution in [0, 0.1) is 0 Å². The molecular formula is C11H14O3. The highest BCUT2D eigenvalue weighted by atomic mass is 16.5. The fourth-order valence-corrected chi connectivity index (χ4v) is 1.13. The molecule has 1 rings (SSSR count). The molecule has 0 aliphatic heterocycles. The standard InChI is InChI=1S/C11H14O3/c1-2-7-14-11(13)10-6-4-3-5-9(10)8-12/h3-6,12H,2,7-8H2,1H3. The predicted molar refractivity (Wildman–Crippen MR) is 52.9 cm³/mol. The summed E-state index contributed by atoms with van der Waals surface area (Å²) in [5.41, 5.74) is 1.05. The second kappa shape index (κ2) is 5.40. The second-order valence-corrected chi connectivity index (χ2v) is 2.95. The molecule has 0 aliphatic rings. The van der Waals surface area contributed by atoms with Crippen LogP contribution in [-0.4, -0.2) is 17.7 Å². The normalized spacial score (nSPS) is 9.86. The first kappa shape index (κ1) is 10.7. The largest absolute Gasteiger partial charge is 0.462 e. The zero-order valence-electron chi connectivity index (χ0n) is 8.19.